The maximum Gasteiger partial charge on any atom is 0.188 e. The maximum atomic E-state index is 9.89. The van der Waals surface area contributed by atoms with E-state index < -0.39 is 23.3 Å². The van der Waals surface area contributed by atoms with Crippen LogP contribution in [0.25, 0.3) is 0 Å². The summed E-state index contributed by atoms with van der Waals surface area (Å²) < 4.78 is 29.1. The van der Waals surface area contributed by atoms with E-state index in [0.29, 0.717) is 6.61 Å². The highest BCUT2D eigenvalue weighted by atomic mass is 16.8. The lowest BCUT2D eigenvalue weighted by molar-refractivity contribution is -0.238. The van der Waals surface area contributed by atoms with E-state index in [2.05, 4.69) is 0 Å². The molecule has 5 unspecified atom stereocenters. The molecule has 6 heteroatoms. The number of aliphatic hydroxyl groups excluding tert-OH is 1. The topological polar surface area (TPSA) is 66.4 Å². The molecule has 3 fully saturated rings. The van der Waals surface area contributed by atoms with Gasteiger partial charge in [0.15, 0.2) is 17.9 Å². The first-order valence-electron chi connectivity index (χ1n) is 7.11. The molecule has 0 aromatic carbocycles. The van der Waals surface area contributed by atoms with Crippen LogP contribution in [0.4, 0.5) is 0 Å². The van der Waals surface area contributed by atoms with E-state index in [0.717, 1.165) is 0 Å². The van der Waals surface area contributed by atoms with Crippen LogP contribution >= 0.6 is 0 Å². The van der Waals surface area contributed by atoms with Gasteiger partial charge in [-0.15, -0.1) is 0 Å². The van der Waals surface area contributed by atoms with Crippen LogP contribution in [0, 0.1) is 5.41 Å². The molecule has 1 N–H and O–H groups in total. The Bertz CT molecular complexity index is 395. The molecule has 5 atom stereocenters. The summed E-state index contributed by atoms with van der Waals surface area (Å²) in [6.07, 6.45) is -1.33. The lowest BCUT2D eigenvalue weighted by Gasteiger charge is -2.35. The van der Waals surface area contributed by atoms with Gasteiger partial charge in [-0.1, -0.05) is 6.92 Å². The molecule has 20 heavy (non-hydrogen) atoms. The SMILES string of the molecule is CC1(C)OCC(C2OC3OC(C)(C)OC3C2(C)CO)O1. The predicted octanol–water partition coefficient (Wildman–Crippen LogP) is 1.01. The molecular formula is C14H24O6. The predicted molar refractivity (Wildman–Crippen MR) is 68.8 cm³/mol. The highest BCUT2D eigenvalue weighted by molar-refractivity contribution is 5.04. The molecule has 3 saturated heterocycles. The molecule has 0 aliphatic carbocycles. The third-order valence-corrected chi connectivity index (χ3v) is 4.35. The van der Waals surface area contributed by atoms with Gasteiger partial charge in [-0.05, 0) is 27.7 Å². The second-order valence-electron chi connectivity index (χ2n) is 7.01. The normalized spacial score (nSPS) is 49.5. The van der Waals surface area contributed by atoms with Crippen molar-refractivity contribution in [2.75, 3.05) is 13.2 Å². The minimum atomic E-state index is -0.691. The molecule has 0 spiro atoms. The minimum absolute atomic E-state index is 0.0570. The van der Waals surface area contributed by atoms with Gasteiger partial charge in [-0.3, -0.25) is 0 Å². The van der Waals surface area contributed by atoms with Gasteiger partial charge in [0, 0.05) is 0 Å². The zero-order valence-corrected chi connectivity index (χ0v) is 12.7. The number of hydrogen-bond acceptors (Lipinski definition) is 6. The van der Waals surface area contributed by atoms with Crippen LogP contribution < -0.4 is 0 Å². The summed E-state index contributed by atoms with van der Waals surface area (Å²) in [6, 6.07) is 0. The van der Waals surface area contributed by atoms with Crippen molar-refractivity contribution in [1.82, 2.24) is 0 Å². The van der Waals surface area contributed by atoms with Gasteiger partial charge < -0.3 is 28.8 Å². The molecule has 0 amide bonds. The molecule has 0 radical (unpaired) electrons. The van der Waals surface area contributed by atoms with E-state index in [1.54, 1.807) is 0 Å². The quantitative estimate of drug-likeness (QED) is 0.818. The molecule has 3 heterocycles. The van der Waals surface area contributed by atoms with Crippen molar-refractivity contribution in [2.24, 2.45) is 5.41 Å². The van der Waals surface area contributed by atoms with Crippen molar-refractivity contribution in [1.29, 1.82) is 0 Å². The van der Waals surface area contributed by atoms with E-state index >= 15 is 0 Å². The molecular weight excluding hydrogens is 264 g/mol. The average molecular weight is 288 g/mol. The lowest BCUT2D eigenvalue weighted by atomic mass is 9.79. The number of rotatable bonds is 2. The van der Waals surface area contributed by atoms with Crippen molar-refractivity contribution in [3.8, 4) is 0 Å². The summed E-state index contributed by atoms with van der Waals surface area (Å²) in [7, 11) is 0. The van der Waals surface area contributed by atoms with Crippen molar-refractivity contribution < 1.29 is 28.8 Å². The van der Waals surface area contributed by atoms with Gasteiger partial charge in [-0.2, -0.15) is 0 Å². The van der Waals surface area contributed by atoms with Crippen LogP contribution in [0.1, 0.15) is 34.6 Å². The van der Waals surface area contributed by atoms with Crippen LogP contribution in [-0.2, 0) is 23.7 Å². The largest absolute Gasteiger partial charge is 0.396 e. The molecule has 3 aliphatic heterocycles. The van der Waals surface area contributed by atoms with Gasteiger partial charge in [-0.25, -0.2) is 0 Å². The second-order valence-corrected chi connectivity index (χ2v) is 7.01. The summed E-state index contributed by atoms with van der Waals surface area (Å²) in [4.78, 5) is 0. The fourth-order valence-corrected chi connectivity index (χ4v) is 3.29. The van der Waals surface area contributed by atoms with E-state index in [-0.39, 0.29) is 24.9 Å². The molecule has 116 valence electrons. The highest BCUT2D eigenvalue weighted by Gasteiger charge is 2.64. The van der Waals surface area contributed by atoms with E-state index in [1.807, 2.05) is 34.6 Å². The number of aliphatic hydroxyl groups is 1. The summed E-state index contributed by atoms with van der Waals surface area (Å²) in [5.74, 6) is -1.31. The Morgan fingerprint density at radius 1 is 0.950 bits per heavy atom. The van der Waals surface area contributed by atoms with Crippen molar-refractivity contribution in [3.63, 3.8) is 0 Å². The molecule has 0 bridgehead atoms. The second kappa shape index (κ2) is 4.38. The molecule has 0 aromatic heterocycles. The van der Waals surface area contributed by atoms with Crippen LogP contribution in [0.3, 0.4) is 0 Å². The average Bonchev–Trinajstić information content (AvgIpc) is 2.91. The fourth-order valence-electron chi connectivity index (χ4n) is 3.29. The van der Waals surface area contributed by atoms with Gasteiger partial charge in [0.05, 0.1) is 24.7 Å². The Morgan fingerprint density at radius 3 is 2.20 bits per heavy atom. The first kappa shape index (κ1) is 14.7. The smallest absolute Gasteiger partial charge is 0.188 e. The van der Waals surface area contributed by atoms with E-state index in [1.165, 1.54) is 0 Å². The molecule has 3 rings (SSSR count). The standard InChI is InChI=1S/C14H24O6/c1-12(2)16-6-8(18-12)9-14(5,7-15)10-11(17-9)20-13(3,4)19-10/h8-11,15H,6-7H2,1-5H3. The maximum absolute atomic E-state index is 9.89. The van der Waals surface area contributed by atoms with Crippen LogP contribution in [-0.4, -0.2) is 54.5 Å². The summed E-state index contributed by atoms with van der Waals surface area (Å²) in [5.41, 5.74) is -0.577. The Labute approximate surface area is 119 Å². The summed E-state index contributed by atoms with van der Waals surface area (Å²) >= 11 is 0. The Balaban J connectivity index is 1.81. The van der Waals surface area contributed by atoms with Gasteiger partial charge in [0.25, 0.3) is 0 Å². The third kappa shape index (κ3) is 2.19. The fraction of sp³-hybridized carbons (Fsp3) is 1.00. The Hall–Kier alpha value is -0.240. The van der Waals surface area contributed by atoms with Crippen LogP contribution in [0.5, 0.6) is 0 Å². The van der Waals surface area contributed by atoms with Crippen LogP contribution in [0.15, 0.2) is 0 Å². The van der Waals surface area contributed by atoms with E-state index in [9.17, 15) is 5.11 Å². The zero-order chi connectivity index (χ0) is 14.8. The van der Waals surface area contributed by atoms with Gasteiger partial charge in [0.2, 0.25) is 0 Å². The third-order valence-electron chi connectivity index (χ3n) is 4.35. The van der Waals surface area contributed by atoms with Crippen molar-refractivity contribution >= 4 is 0 Å². The summed E-state index contributed by atoms with van der Waals surface area (Å²) in [5, 5.41) is 9.89. The minimum Gasteiger partial charge on any atom is -0.396 e. The molecule has 0 saturated carbocycles. The van der Waals surface area contributed by atoms with E-state index in [4.69, 9.17) is 23.7 Å². The first-order valence-corrected chi connectivity index (χ1v) is 7.11. The lowest BCUT2D eigenvalue weighted by Crippen LogP contribution is -2.48. The Morgan fingerprint density at radius 2 is 1.65 bits per heavy atom. The monoisotopic (exact) mass is 288 g/mol. The van der Waals surface area contributed by atoms with Crippen molar-refractivity contribution in [2.45, 2.75) is 70.8 Å². The van der Waals surface area contributed by atoms with Gasteiger partial charge >= 0.3 is 0 Å². The van der Waals surface area contributed by atoms with Crippen LogP contribution in [0.2, 0.25) is 0 Å². The Kier molecular flexibility index (Phi) is 3.22. The van der Waals surface area contributed by atoms with Crippen molar-refractivity contribution in [3.05, 3.63) is 0 Å². The first-order chi connectivity index (χ1) is 9.17. The molecule has 0 aromatic rings. The molecule has 3 aliphatic rings. The summed E-state index contributed by atoms with van der Waals surface area (Å²) in [6.45, 7) is 9.76. The molecule has 6 nitrogen and oxygen atoms in total. The number of hydrogen-bond donors (Lipinski definition) is 1. The number of fused-ring (bicyclic) bond motifs is 1. The number of ether oxygens (including phenoxy) is 5. The zero-order valence-electron chi connectivity index (χ0n) is 12.7. The van der Waals surface area contributed by atoms with Gasteiger partial charge in [0.1, 0.15) is 12.2 Å². The highest BCUT2D eigenvalue weighted by Crippen LogP contribution is 2.50.